The Morgan fingerprint density at radius 3 is 2.59 bits per heavy atom. The fraction of sp³-hybridized carbons (Fsp3) is 0.379. The zero-order valence-corrected chi connectivity index (χ0v) is 23.1. The van der Waals surface area contributed by atoms with Gasteiger partial charge in [0.1, 0.15) is 18.9 Å². The molecule has 0 N–H and O–H groups in total. The highest BCUT2D eigenvalue weighted by molar-refractivity contribution is 7.10. The number of carbonyl (C=O) groups is 2. The predicted molar refractivity (Wildman–Crippen MR) is 148 cm³/mol. The zero-order chi connectivity index (χ0) is 26.4. The summed E-state index contributed by atoms with van der Waals surface area (Å²) in [5.74, 6) is 0.803. The number of ether oxygens (including phenoxy) is 2. The summed E-state index contributed by atoms with van der Waals surface area (Å²) >= 11 is 8.00. The molecule has 0 saturated heterocycles. The maximum atomic E-state index is 13.7. The summed E-state index contributed by atoms with van der Waals surface area (Å²) in [6.45, 7) is 5.77. The van der Waals surface area contributed by atoms with Crippen LogP contribution in [-0.2, 0) is 16.0 Å². The molecule has 3 aromatic rings. The van der Waals surface area contributed by atoms with E-state index < -0.39 is 0 Å². The van der Waals surface area contributed by atoms with Crippen molar-refractivity contribution in [1.82, 2.24) is 9.80 Å². The normalized spacial score (nSPS) is 14.9. The van der Waals surface area contributed by atoms with E-state index in [0.29, 0.717) is 36.3 Å². The summed E-state index contributed by atoms with van der Waals surface area (Å²) in [5, 5.41) is 2.42. The van der Waals surface area contributed by atoms with Crippen LogP contribution in [0.4, 0.5) is 0 Å². The third-order valence-electron chi connectivity index (χ3n) is 6.65. The number of methoxy groups -OCH3 is 1. The van der Waals surface area contributed by atoms with Crippen LogP contribution in [0.2, 0.25) is 5.02 Å². The van der Waals surface area contributed by atoms with E-state index in [4.69, 9.17) is 21.1 Å². The second-order valence-corrected chi connectivity index (χ2v) is 10.8. The molecule has 8 heteroatoms. The van der Waals surface area contributed by atoms with Crippen LogP contribution < -0.4 is 4.74 Å². The standard InChI is InChI=1S/C29H33ClN2O4S/c1-20(2)21-8-10-22(11-9-21)36-19-26-24-13-17-37-27(24)12-14-32(26)28(33)18-31(15-16-35-3)29(34)23-6-4-5-7-25(23)30/h4-11,13,17,20,26H,12,14-16,18-19H2,1-3H3. The number of thiophene rings is 1. The number of hydrogen-bond donors (Lipinski definition) is 0. The van der Waals surface area contributed by atoms with Gasteiger partial charge in [-0.15, -0.1) is 11.3 Å². The van der Waals surface area contributed by atoms with Gasteiger partial charge >= 0.3 is 0 Å². The minimum absolute atomic E-state index is 0.0630. The highest BCUT2D eigenvalue weighted by atomic mass is 35.5. The molecule has 0 saturated carbocycles. The van der Waals surface area contributed by atoms with Gasteiger partial charge in [-0.05, 0) is 59.2 Å². The lowest BCUT2D eigenvalue weighted by Crippen LogP contribution is -2.48. The van der Waals surface area contributed by atoms with Crippen molar-refractivity contribution < 1.29 is 19.1 Å². The van der Waals surface area contributed by atoms with Crippen molar-refractivity contribution in [3.05, 3.63) is 86.6 Å². The summed E-state index contributed by atoms with van der Waals surface area (Å²) < 4.78 is 11.4. The molecule has 1 aliphatic rings. The molecule has 0 bridgehead atoms. The summed E-state index contributed by atoms with van der Waals surface area (Å²) in [4.78, 5) is 31.6. The molecule has 2 aromatic carbocycles. The molecule has 2 heterocycles. The van der Waals surface area contributed by atoms with Crippen LogP contribution in [0.3, 0.4) is 0 Å². The Morgan fingerprint density at radius 2 is 1.89 bits per heavy atom. The Kier molecular flexibility index (Phi) is 9.24. The second kappa shape index (κ2) is 12.6. The van der Waals surface area contributed by atoms with Gasteiger partial charge in [0.15, 0.2) is 0 Å². The Morgan fingerprint density at radius 1 is 1.14 bits per heavy atom. The van der Waals surface area contributed by atoms with Gasteiger partial charge in [0.25, 0.3) is 5.91 Å². The number of rotatable bonds is 10. The molecular formula is C29H33ClN2O4S. The topological polar surface area (TPSA) is 59.1 Å². The average molecular weight is 541 g/mol. The second-order valence-electron chi connectivity index (χ2n) is 9.39. The van der Waals surface area contributed by atoms with Crippen LogP contribution >= 0.6 is 22.9 Å². The zero-order valence-electron chi connectivity index (χ0n) is 21.5. The van der Waals surface area contributed by atoms with Crippen LogP contribution in [0.25, 0.3) is 0 Å². The molecule has 6 nitrogen and oxygen atoms in total. The Hall–Kier alpha value is -2.87. The molecule has 196 valence electrons. The minimum Gasteiger partial charge on any atom is -0.491 e. The Bertz CT molecular complexity index is 1210. The fourth-order valence-electron chi connectivity index (χ4n) is 4.51. The van der Waals surface area contributed by atoms with Gasteiger partial charge in [-0.1, -0.05) is 49.7 Å². The molecule has 0 spiro atoms. The lowest BCUT2D eigenvalue weighted by Gasteiger charge is -2.37. The summed E-state index contributed by atoms with van der Waals surface area (Å²) in [6, 6.07) is 16.8. The minimum atomic E-state index is -0.290. The van der Waals surface area contributed by atoms with Gasteiger partial charge in [0, 0.05) is 25.1 Å². The first kappa shape index (κ1) is 27.2. The Labute approximate surface area is 227 Å². The molecule has 0 aliphatic carbocycles. The number of fused-ring (bicyclic) bond motifs is 1. The molecule has 1 atom stereocenters. The van der Waals surface area contributed by atoms with Gasteiger partial charge in [-0.2, -0.15) is 0 Å². The van der Waals surface area contributed by atoms with E-state index in [2.05, 4.69) is 37.4 Å². The van der Waals surface area contributed by atoms with Gasteiger partial charge in [-0.3, -0.25) is 9.59 Å². The number of benzene rings is 2. The number of hydrogen-bond acceptors (Lipinski definition) is 5. The van der Waals surface area contributed by atoms with Gasteiger partial charge < -0.3 is 19.3 Å². The summed E-state index contributed by atoms with van der Waals surface area (Å²) in [7, 11) is 1.57. The highest BCUT2D eigenvalue weighted by Crippen LogP contribution is 2.34. The number of nitrogens with zero attached hydrogens (tertiary/aromatic N) is 2. The van der Waals surface area contributed by atoms with E-state index in [1.807, 2.05) is 17.0 Å². The fourth-order valence-corrected chi connectivity index (χ4v) is 5.66. The van der Waals surface area contributed by atoms with Crippen LogP contribution in [-0.4, -0.2) is 61.6 Å². The molecule has 1 unspecified atom stereocenters. The summed E-state index contributed by atoms with van der Waals surface area (Å²) in [6.07, 6.45) is 0.787. The molecule has 0 radical (unpaired) electrons. The van der Waals surface area contributed by atoms with Gasteiger partial charge in [0.05, 0.1) is 23.2 Å². The van der Waals surface area contributed by atoms with Crippen LogP contribution in [0.1, 0.15) is 52.2 Å². The van der Waals surface area contributed by atoms with E-state index in [0.717, 1.165) is 17.7 Å². The third-order valence-corrected chi connectivity index (χ3v) is 7.98. The molecule has 1 aromatic heterocycles. The first-order chi connectivity index (χ1) is 17.9. The van der Waals surface area contributed by atoms with Crippen LogP contribution in [0.15, 0.2) is 60.0 Å². The smallest absolute Gasteiger partial charge is 0.255 e. The first-order valence-corrected chi connectivity index (χ1v) is 13.8. The predicted octanol–water partition coefficient (Wildman–Crippen LogP) is 5.82. The van der Waals surface area contributed by atoms with Crippen molar-refractivity contribution in [3.63, 3.8) is 0 Å². The maximum Gasteiger partial charge on any atom is 0.255 e. The van der Waals surface area contributed by atoms with E-state index in [-0.39, 0.29) is 30.9 Å². The number of amides is 2. The van der Waals surface area contributed by atoms with E-state index in [1.54, 1.807) is 42.7 Å². The van der Waals surface area contributed by atoms with Crippen LogP contribution in [0.5, 0.6) is 5.75 Å². The van der Waals surface area contributed by atoms with Crippen molar-refractivity contribution in [2.45, 2.75) is 32.2 Å². The van der Waals surface area contributed by atoms with Gasteiger partial charge in [-0.25, -0.2) is 0 Å². The lowest BCUT2D eigenvalue weighted by atomic mass is 10.00. The van der Waals surface area contributed by atoms with Crippen molar-refractivity contribution in [2.24, 2.45) is 0 Å². The highest BCUT2D eigenvalue weighted by Gasteiger charge is 2.33. The average Bonchev–Trinajstić information content (AvgIpc) is 3.39. The van der Waals surface area contributed by atoms with E-state index in [1.165, 1.54) is 15.3 Å². The molecular weight excluding hydrogens is 508 g/mol. The third kappa shape index (κ3) is 6.53. The molecule has 2 amide bonds. The molecule has 0 fully saturated rings. The van der Waals surface area contributed by atoms with Crippen molar-refractivity contribution in [2.75, 3.05) is 40.0 Å². The molecule has 37 heavy (non-hydrogen) atoms. The number of halogens is 1. The van der Waals surface area contributed by atoms with Gasteiger partial charge in [0.2, 0.25) is 5.91 Å². The Balaban J connectivity index is 1.51. The maximum absolute atomic E-state index is 13.7. The van der Waals surface area contributed by atoms with E-state index >= 15 is 0 Å². The number of carbonyl (C=O) groups excluding carboxylic acids is 2. The largest absolute Gasteiger partial charge is 0.491 e. The molecule has 4 rings (SSSR count). The van der Waals surface area contributed by atoms with E-state index in [9.17, 15) is 9.59 Å². The SMILES string of the molecule is COCCN(CC(=O)N1CCc2sccc2C1COc1ccc(C(C)C)cc1)C(=O)c1ccccc1Cl. The monoisotopic (exact) mass is 540 g/mol. The first-order valence-electron chi connectivity index (χ1n) is 12.5. The quantitative estimate of drug-likeness (QED) is 0.325. The van der Waals surface area contributed by atoms with Crippen molar-refractivity contribution in [3.8, 4) is 5.75 Å². The molecule has 1 aliphatic heterocycles. The van der Waals surface area contributed by atoms with Crippen molar-refractivity contribution >= 4 is 34.8 Å². The van der Waals surface area contributed by atoms with Crippen molar-refractivity contribution in [1.29, 1.82) is 0 Å². The summed E-state index contributed by atoms with van der Waals surface area (Å²) in [5.41, 5.74) is 2.74. The van der Waals surface area contributed by atoms with Crippen LogP contribution in [0, 0.1) is 0 Å². The lowest BCUT2D eigenvalue weighted by molar-refractivity contribution is -0.135.